The van der Waals surface area contributed by atoms with Crippen LogP contribution in [0.3, 0.4) is 0 Å². The van der Waals surface area contributed by atoms with Gasteiger partial charge in [-0.05, 0) is 54.8 Å². The molecular formula is C20H24ClN3O2. The average molecular weight is 374 g/mol. The van der Waals surface area contributed by atoms with Crippen LogP contribution in [0, 0.1) is 0 Å². The third-order valence-electron chi connectivity index (χ3n) is 4.64. The summed E-state index contributed by atoms with van der Waals surface area (Å²) < 4.78 is 11.2. The van der Waals surface area contributed by atoms with Crippen LogP contribution in [0.1, 0.15) is 44.5 Å². The first-order chi connectivity index (χ1) is 12.3. The van der Waals surface area contributed by atoms with Gasteiger partial charge in [-0.25, -0.2) is 0 Å². The fourth-order valence-electron chi connectivity index (χ4n) is 3.18. The maximum Gasteiger partial charge on any atom is 0.244 e. The van der Waals surface area contributed by atoms with E-state index in [-0.39, 0.29) is 18.4 Å². The van der Waals surface area contributed by atoms with E-state index in [1.54, 1.807) is 0 Å². The normalized spacial score (nSPS) is 16.6. The molecule has 26 heavy (non-hydrogen) atoms. The Morgan fingerprint density at radius 1 is 1.19 bits per heavy atom. The van der Waals surface area contributed by atoms with Crippen LogP contribution in [-0.2, 0) is 0 Å². The minimum absolute atomic E-state index is 0. The summed E-state index contributed by atoms with van der Waals surface area (Å²) in [6.45, 7) is 3.94. The molecule has 6 heteroatoms. The van der Waals surface area contributed by atoms with Crippen molar-refractivity contribution in [2.24, 2.45) is 0 Å². The quantitative estimate of drug-likeness (QED) is 0.622. The molecule has 0 saturated carbocycles. The summed E-state index contributed by atoms with van der Waals surface area (Å²) in [5.74, 6) is 2.25. The molecule has 0 spiro atoms. The Hall–Kier alpha value is -2.11. The number of ether oxygens (including phenoxy) is 1. The fourth-order valence-corrected chi connectivity index (χ4v) is 3.18. The number of rotatable bonds is 6. The maximum atomic E-state index is 5.78. The van der Waals surface area contributed by atoms with Crippen LogP contribution in [0.15, 0.2) is 40.9 Å². The Morgan fingerprint density at radius 2 is 2.04 bits per heavy atom. The number of fused-ring (bicyclic) bond motifs is 1. The van der Waals surface area contributed by atoms with Crippen molar-refractivity contribution in [2.45, 2.75) is 38.6 Å². The number of hydrogen-bond acceptors (Lipinski definition) is 5. The van der Waals surface area contributed by atoms with Crippen LogP contribution < -0.4 is 10.1 Å². The summed E-state index contributed by atoms with van der Waals surface area (Å²) in [7, 11) is 0. The van der Waals surface area contributed by atoms with Gasteiger partial charge in [-0.3, -0.25) is 0 Å². The van der Waals surface area contributed by atoms with E-state index in [1.165, 1.54) is 0 Å². The van der Waals surface area contributed by atoms with Gasteiger partial charge in [-0.15, -0.1) is 12.4 Å². The van der Waals surface area contributed by atoms with Crippen molar-refractivity contribution in [3.63, 3.8) is 0 Å². The van der Waals surface area contributed by atoms with Gasteiger partial charge in [0.25, 0.3) is 0 Å². The minimum atomic E-state index is 0. The van der Waals surface area contributed by atoms with E-state index in [4.69, 9.17) is 9.26 Å². The molecule has 1 N–H and O–H groups in total. The van der Waals surface area contributed by atoms with E-state index < -0.39 is 0 Å². The molecule has 1 aliphatic heterocycles. The van der Waals surface area contributed by atoms with Crippen LogP contribution in [-0.4, -0.2) is 23.3 Å². The number of aromatic nitrogens is 2. The molecule has 1 fully saturated rings. The van der Waals surface area contributed by atoms with Crippen molar-refractivity contribution in [3.05, 3.63) is 42.3 Å². The molecule has 1 aromatic heterocycles. The highest BCUT2D eigenvalue weighted by molar-refractivity contribution is 5.87. The second kappa shape index (κ2) is 8.52. The molecule has 0 bridgehead atoms. The van der Waals surface area contributed by atoms with Crippen molar-refractivity contribution >= 4 is 23.2 Å². The molecule has 5 nitrogen and oxygen atoms in total. The Kier molecular flexibility index (Phi) is 6.12. The predicted octanol–water partition coefficient (Wildman–Crippen LogP) is 4.92. The molecule has 0 aliphatic carbocycles. The van der Waals surface area contributed by atoms with Crippen molar-refractivity contribution < 1.29 is 9.26 Å². The molecule has 4 rings (SSSR count). The SMILES string of the molecule is CCCCOc1ccc2cc(-c3noc(C4CCCN4)n3)ccc2c1.Cl. The molecule has 1 unspecified atom stereocenters. The largest absolute Gasteiger partial charge is 0.494 e. The van der Waals surface area contributed by atoms with Crippen LogP contribution in [0.4, 0.5) is 0 Å². The second-order valence-electron chi connectivity index (χ2n) is 6.53. The Bertz CT molecular complexity index is 859. The van der Waals surface area contributed by atoms with Gasteiger partial charge < -0.3 is 14.6 Å². The standard InChI is InChI=1S/C20H23N3O2.ClH/c1-2-3-11-24-17-9-8-14-12-16(7-6-15(14)13-17)19-22-20(25-23-19)18-5-4-10-21-18;/h6-9,12-13,18,21H,2-5,10-11H2,1H3;1H. The molecule has 1 saturated heterocycles. The highest BCUT2D eigenvalue weighted by Crippen LogP contribution is 2.28. The van der Waals surface area contributed by atoms with Gasteiger partial charge in [0, 0.05) is 5.56 Å². The third kappa shape index (κ3) is 4.00. The maximum absolute atomic E-state index is 5.78. The minimum Gasteiger partial charge on any atom is -0.494 e. The molecule has 0 amide bonds. The summed E-state index contributed by atoms with van der Waals surface area (Å²) in [5, 5.41) is 9.83. The van der Waals surface area contributed by atoms with E-state index in [1.807, 2.05) is 12.1 Å². The summed E-state index contributed by atoms with van der Waals surface area (Å²) >= 11 is 0. The summed E-state index contributed by atoms with van der Waals surface area (Å²) in [4.78, 5) is 4.57. The van der Waals surface area contributed by atoms with Crippen molar-refractivity contribution in [1.82, 2.24) is 15.5 Å². The first kappa shape index (κ1) is 18.7. The smallest absolute Gasteiger partial charge is 0.244 e. The van der Waals surface area contributed by atoms with E-state index in [0.29, 0.717) is 11.7 Å². The molecule has 2 aromatic carbocycles. The van der Waals surface area contributed by atoms with Crippen LogP contribution in [0.2, 0.25) is 0 Å². The van der Waals surface area contributed by atoms with Gasteiger partial charge in [-0.1, -0.05) is 36.7 Å². The summed E-state index contributed by atoms with van der Waals surface area (Å²) in [6.07, 6.45) is 4.42. The van der Waals surface area contributed by atoms with E-state index >= 15 is 0 Å². The molecule has 1 aliphatic rings. The van der Waals surface area contributed by atoms with Gasteiger partial charge in [0.15, 0.2) is 0 Å². The number of nitrogens with one attached hydrogen (secondary N) is 1. The first-order valence-electron chi connectivity index (χ1n) is 9.07. The number of unbranched alkanes of at least 4 members (excludes halogenated alkanes) is 1. The lowest BCUT2D eigenvalue weighted by atomic mass is 10.1. The highest BCUT2D eigenvalue weighted by Gasteiger charge is 2.22. The highest BCUT2D eigenvalue weighted by atomic mass is 35.5. The zero-order valence-electron chi connectivity index (χ0n) is 14.9. The van der Waals surface area contributed by atoms with Crippen molar-refractivity contribution in [3.8, 4) is 17.1 Å². The Morgan fingerprint density at radius 3 is 2.85 bits per heavy atom. The number of nitrogens with zero attached hydrogens (tertiary/aromatic N) is 2. The Labute approximate surface area is 159 Å². The van der Waals surface area contributed by atoms with Gasteiger partial charge in [0.1, 0.15) is 5.75 Å². The van der Waals surface area contributed by atoms with Crippen LogP contribution >= 0.6 is 12.4 Å². The zero-order valence-corrected chi connectivity index (χ0v) is 15.7. The van der Waals surface area contributed by atoms with E-state index in [2.05, 4.69) is 46.6 Å². The lowest BCUT2D eigenvalue weighted by Crippen LogP contribution is -2.12. The van der Waals surface area contributed by atoms with Crippen LogP contribution in [0.5, 0.6) is 5.75 Å². The molecule has 138 valence electrons. The summed E-state index contributed by atoms with van der Waals surface area (Å²) in [6, 6.07) is 12.6. The summed E-state index contributed by atoms with van der Waals surface area (Å²) in [5.41, 5.74) is 0.972. The average Bonchev–Trinajstić information content (AvgIpc) is 3.33. The predicted molar refractivity (Wildman–Crippen MR) is 105 cm³/mol. The monoisotopic (exact) mass is 373 g/mol. The fraction of sp³-hybridized carbons (Fsp3) is 0.400. The molecule has 2 heterocycles. The van der Waals surface area contributed by atoms with Gasteiger partial charge in [0.2, 0.25) is 11.7 Å². The van der Waals surface area contributed by atoms with Crippen LogP contribution in [0.25, 0.3) is 22.2 Å². The number of halogens is 1. The zero-order chi connectivity index (χ0) is 17.1. The molecule has 3 aromatic rings. The Balaban J connectivity index is 0.00000196. The molecular weight excluding hydrogens is 350 g/mol. The van der Waals surface area contributed by atoms with Crippen molar-refractivity contribution in [1.29, 1.82) is 0 Å². The third-order valence-corrected chi connectivity index (χ3v) is 4.64. The molecule has 1 atom stereocenters. The van der Waals surface area contributed by atoms with Gasteiger partial charge in [0.05, 0.1) is 12.6 Å². The lowest BCUT2D eigenvalue weighted by molar-refractivity contribution is 0.310. The van der Waals surface area contributed by atoms with Gasteiger partial charge >= 0.3 is 0 Å². The van der Waals surface area contributed by atoms with Gasteiger partial charge in [-0.2, -0.15) is 4.98 Å². The van der Waals surface area contributed by atoms with E-state index in [0.717, 1.165) is 60.9 Å². The topological polar surface area (TPSA) is 60.2 Å². The second-order valence-corrected chi connectivity index (χ2v) is 6.53. The van der Waals surface area contributed by atoms with E-state index in [9.17, 15) is 0 Å². The molecule has 0 radical (unpaired) electrons. The lowest BCUT2D eigenvalue weighted by Gasteiger charge is -2.07. The number of benzene rings is 2. The van der Waals surface area contributed by atoms with Crippen molar-refractivity contribution in [2.75, 3.05) is 13.2 Å². The number of hydrogen-bond donors (Lipinski definition) is 1. The first-order valence-corrected chi connectivity index (χ1v) is 9.07.